The summed E-state index contributed by atoms with van der Waals surface area (Å²) >= 11 is 0. The summed E-state index contributed by atoms with van der Waals surface area (Å²) in [4.78, 5) is 4.45. The molecule has 0 saturated heterocycles. The van der Waals surface area contributed by atoms with E-state index in [1.807, 2.05) is 18.3 Å². The summed E-state index contributed by atoms with van der Waals surface area (Å²) in [5.41, 5.74) is 18.0. The van der Waals surface area contributed by atoms with E-state index in [-0.39, 0.29) is 0 Å². The van der Waals surface area contributed by atoms with E-state index in [0.29, 0.717) is 0 Å². The number of aromatic nitrogens is 2. The number of rotatable bonds is 4. The lowest BCUT2D eigenvalue weighted by molar-refractivity contribution is 0.951. The number of benzene rings is 22. The van der Waals surface area contributed by atoms with Gasteiger partial charge in [-0.25, -0.2) is 0 Å². The van der Waals surface area contributed by atoms with Gasteiger partial charge in [0, 0.05) is 34.8 Å². The molecule has 0 aliphatic rings. The minimum absolute atomic E-state index is 1.10. The second-order valence-electron chi connectivity index (χ2n) is 32.4. The van der Waals surface area contributed by atoms with Crippen molar-refractivity contribution in [1.82, 2.24) is 9.55 Å². The van der Waals surface area contributed by atoms with Crippen LogP contribution in [-0.2, 0) is 7.05 Å². The van der Waals surface area contributed by atoms with Gasteiger partial charge in [-0.3, -0.25) is 4.98 Å². The van der Waals surface area contributed by atoms with Crippen LogP contribution < -0.4 is 0 Å². The molecule has 24 rings (SSSR count). The molecule has 590 valence electrons. The van der Waals surface area contributed by atoms with Crippen LogP contribution in [0, 0.1) is 48.5 Å². The van der Waals surface area contributed by atoms with Crippen molar-refractivity contribution >= 4 is 163 Å². The highest BCUT2D eigenvalue weighted by atomic mass is 15.0. The average Bonchev–Trinajstić information content (AvgIpc) is 1.57. The molecular formula is C121H96N2. The maximum absolute atomic E-state index is 4.45. The van der Waals surface area contributed by atoms with Crippen molar-refractivity contribution in [3.05, 3.63) is 475 Å². The fraction of sp³-hybridized carbons (Fsp3) is 0.0661. The lowest BCUT2D eigenvalue weighted by atomic mass is 9.92. The summed E-state index contributed by atoms with van der Waals surface area (Å²) in [7, 11) is 2.19. The summed E-state index contributed by atoms with van der Waals surface area (Å²) < 4.78 is 2.36. The van der Waals surface area contributed by atoms with Gasteiger partial charge in [0.15, 0.2) is 0 Å². The minimum atomic E-state index is 1.10. The summed E-state index contributed by atoms with van der Waals surface area (Å²) in [5, 5.41) is 36.0. The molecule has 2 nitrogen and oxygen atoms in total. The Balaban J connectivity index is 0.0000000990. The predicted molar refractivity (Wildman–Crippen MR) is 538 cm³/mol. The lowest BCUT2D eigenvalue weighted by Crippen LogP contribution is -1.94. The van der Waals surface area contributed by atoms with Crippen molar-refractivity contribution < 1.29 is 0 Å². The third-order valence-corrected chi connectivity index (χ3v) is 24.4. The molecule has 0 spiro atoms. The van der Waals surface area contributed by atoms with E-state index in [2.05, 4.69) is 484 Å². The maximum atomic E-state index is 4.45. The van der Waals surface area contributed by atoms with E-state index in [9.17, 15) is 0 Å². The van der Waals surface area contributed by atoms with E-state index in [0.717, 1.165) is 5.52 Å². The Labute approximate surface area is 720 Å². The molecule has 0 fully saturated rings. The van der Waals surface area contributed by atoms with Crippen LogP contribution in [0.3, 0.4) is 0 Å². The predicted octanol–water partition coefficient (Wildman–Crippen LogP) is 33.8. The second kappa shape index (κ2) is 35.5. The summed E-state index contributed by atoms with van der Waals surface area (Å²) in [6.07, 6.45) is 6.21. The molecule has 0 aliphatic heterocycles. The Morgan fingerprint density at radius 2 is 0.585 bits per heavy atom. The van der Waals surface area contributed by atoms with Gasteiger partial charge in [-0.1, -0.05) is 400 Å². The first-order chi connectivity index (χ1) is 60.4. The van der Waals surface area contributed by atoms with Crippen LogP contribution in [0.2, 0.25) is 0 Å². The van der Waals surface area contributed by atoms with E-state index in [1.54, 1.807) is 0 Å². The van der Waals surface area contributed by atoms with Crippen molar-refractivity contribution in [3.63, 3.8) is 0 Å². The monoisotopic (exact) mass is 1580 g/mol. The normalized spacial score (nSPS) is 11.2. The van der Waals surface area contributed by atoms with Gasteiger partial charge in [-0.2, -0.15) is 0 Å². The van der Waals surface area contributed by atoms with Crippen LogP contribution in [0.4, 0.5) is 0 Å². The Morgan fingerprint density at radius 3 is 1.26 bits per heavy atom. The highest BCUT2D eigenvalue weighted by Crippen LogP contribution is 2.44. The Morgan fingerprint density at radius 1 is 0.195 bits per heavy atom. The van der Waals surface area contributed by atoms with Gasteiger partial charge < -0.3 is 4.57 Å². The number of fused-ring (bicyclic) bond motifs is 15. The number of nitrogens with zero attached hydrogens (tertiary/aromatic N) is 2. The fourth-order valence-electron chi connectivity index (χ4n) is 18.3. The quantitative estimate of drug-likeness (QED) is 0.0975. The zero-order valence-corrected chi connectivity index (χ0v) is 71.0. The summed E-state index contributed by atoms with van der Waals surface area (Å²) in [5.74, 6) is 0. The van der Waals surface area contributed by atoms with Gasteiger partial charge in [0.1, 0.15) is 0 Å². The SMILES string of the molecule is Cc1cc2c(-c3ccccc3)n(C)c(-c3ccccc3)c2c2ccccc12.Cc1cc2cccc3ccc4cccc1c4c32.Cc1cc2ccccc2c2ccccc12.Cc1cc2cccnc2c2ccccc12.Cc1ccc(C=Cc2ccccc2)c2ccccc12.Cc1cccc2c1ccc1ccccc12.Cc1cccc2cc3ccccc3cc12. The van der Waals surface area contributed by atoms with Crippen LogP contribution >= 0.6 is 0 Å². The Kier molecular flexibility index (Phi) is 22.8. The smallest absolute Gasteiger partial charge is 0.0780 e. The van der Waals surface area contributed by atoms with Gasteiger partial charge in [0.05, 0.1) is 16.9 Å². The molecule has 2 aromatic heterocycles. The molecule has 2 heterocycles. The lowest BCUT2D eigenvalue weighted by Gasteiger charge is -2.12. The molecule has 0 radical (unpaired) electrons. The zero-order valence-electron chi connectivity index (χ0n) is 71.0. The molecular weight excluding hydrogens is 1480 g/mol. The Hall–Kier alpha value is -15.1. The maximum Gasteiger partial charge on any atom is 0.0780 e. The third kappa shape index (κ3) is 16.3. The molecule has 2 heteroatoms. The molecule has 0 bridgehead atoms. The Bertz CT molecular complexity index is 7840. The molecule has 0 saturated carbocycles. The van der Waals surface area contributed by atoms with Gasteiger partial charge in [-0.15, -0.1) is 0 Å². The van der Waals surface area contributed by atoms with Crippen LogP contribution in [0.15, 0.2) is 425 Å². The molecule has 0 N–H and O–H groups in total. The molecule has 0 unspecified atom stereocenters. The minimum Gasteiger partial charge on any atom is -0.343 e. The van der Waals surface area contributed by atoms with Crippen LogP contribution in [-0.4, -0.2) is 9.55 Å². The van der Waals surface area contributed by atoms with Crippen molar-refractivity contribution in [3.8, 4) is 22.5 Å². The molecule has 123 heavy (non-hydrogen) atoms. The first-order valence-corrected chi connectivity index (χ1v) is 42.7. The first kappa shape index (κ1) is 79.1. The van der Waals surface area contributed by atoms with Gasteiger partial charge >= 0.3 is 0 Å². The molecule has 0 amide bonds. The number of aryl methyl sites for hydroxylation is 7. The molecule has 0 aliphatic carbocycles. The van der Waals surface area contributed by atoms with Gasteiger partial charge in [0.2, 0.25) is 0 Å². The fourth-order valence-corrected chi connectivity index (χ4v) is 18.3. The number of hydrogen-bond donors (Lipinski definition) is 0. The van der Waals surface area contributed by atoms with Gasteiger partial charge in [0.25, 0.3) is 0 Å². The van der Waals surface area contributed by atoms with Crippen LogP contribution in [0.25, 0.3) is 186 Å². The van der Waals surface area contributed by atoms with Crippen molar-refractivity contribution in [1.29, 1.82) is 0 Å². The largest absolute Gasteiger partial charge is 0.343 e. The molecule has 0 atom stereocenters. The van der Waals surface area contributed by atoms with Crippen LogP contribution in [0.5, 0.6) is 0 Å². The van der Waals surface area contributed by atoms with E-state index < -0.39 is 0 Å². The zero-order chi connectivity index (χ0) is 83.9. The van der Waals surface area contributed by atoms with E-state index in [4.69, 9.17) is 0 Å². The van der Waals surface area contributed by atoms with E-state index >= 15 is 0 Å². The van der Waals surface area contributed by atoms with E-state index in [1.165, 1.54) is 218 Å². The topological polar surface area (TPSA) is 17.8 Å². The van der Waals surface area contributed by atoms with Crippen molar-refractivity contribution in [2.75, 3.05) is 0 Å². The number of hydrogen-bond acceptors (Lipinski definition) is 1. The van der Waals surface area contributed by atoms with Crippen LogP contribution in [0.1, 0.15) is 50.1 Å². The van der Waals surface area contributed by atoms with Gasteiger partial charge in [-0.05, 0) is 264 Å². The molecule has 24 aromatic rings. The summed E-state index contributed by atoms with van der Waals surface area (Å²) in [6, 6.07) is 149. The third-order valence-electron chi connectivity index (χ3n) is 24.4. The van der Waals surface area contributed by atoms with Crippen molar-refractivity contribution in [2.45, 2.75) is 48.5 Å². The second-order valence-corrected chi connectivity index (χ2v) is 32.4. The highest BCUT2D eigenvalue weighted by Gasteiger charge is 2.21. The average molecular weight is 1580 g/mol. The summed E-state index contributed by atoms with van der Waals surface area (Å²) in [6.45, 7) is 15.2. The molecule has 22 aromatic carbocycles. The standard InChI is InChI=1S/C26H21N.C19H16.C17H12.3C15H12.C14H11N/c1-18-17-23-24(22-16-10-9-15-21(18)22)26(20-13-7-4-8-14-20)27(2)25(23)19-11-5-3-6-12-19;1-15-11-13-17(19-10-6-5-9-18(15)19)14-12-16-7-3-2-4-8-16;1-11-10-14-6-2-4-12-8-9-13-5-3-7-15(11)17(13)16(12)14;1-11-10-12-6-2-3-8-14(12)15-9-5-4-7-13(11)15;1-11-5-4-8-14-9-12-6-2-3-7-13(12)10-15(11)14;1-11-5-4-8-15-13(11)10-9-12-6-2-3-7-14(12)15;1-10-9-11-5-4-8-15-14(11)13-7-3-2-6-12(10)13/h3-17H,1-2H3;2-14H,1H3;2-10H,1H3;3*2-10H,1H3;2-9H,1H3. The number of pyridine rings is 1. The van der Waals surface area contributed by atoms with Crippen molar-refractivity contribution in [2.24, 2.45) is 7.05 Å². The first-order valence-electron chi connectivity index (χ1n) is 42.7. The highest BCUT2D eigenvalue weighted by molar-refractivity contribution is 6.24.